The molecule has 2 unspecified atom stereocenters. The number of rotatable bonds is 9. The molecule has 3 rings (SSSR count). The Balaban J connectivity index is 1.39. The highest BCUT2D eigenvalue weighted by molar-refractivity contribution is 5.92. The maximum absolute atomic E-state index is 12.3. The molecule has 6 nitrogen and oxygen atoms in total. The predicted molar refractivity (Wildman–Crippen MR) is 106 cm³/mol. The van der Waals surface area contributed by atoms with Crippen molar-refractivity contribution in [3.05, 3.63) is 59.7 Å². The first-order chi connectivity index (χ1) is 13.6. The van der Waals surface area contributed by atoms with Crippen molar-refractivity contribution in [3.63, 3.8) is 0 Å². The third-order valence-corrected chi connectivity index (χ3v) is 4.98. The highest BCUT2D eigenvalue weighted by atomic mass is 16.5. The third-order valence-electron chi connectivity index (χ3n) is 4.98. The van der Waals surface area contributed by atoms with Gasteiger partial charge in [-0.2, -0.15) is 0 Å². The molecule has 0 heterocycles. The molecule has 1 aliphatic carbocycles. The number of hydrogen-bond acceptors (Lipinski definition) is 4. The van der Waals surface area contributed by atoms with Crippen LogP contribution in [0, 0.1) is 11.8 Å². The summed E-state index contributed by atoms with van der Waals surface area (Å²) in [5.74, 6) is 0.954. The minimum Gasteiger partial charge on any atom is -0.497 e. The highest BCUT2D eigenvalue weighted by Crippen LogP contribution is 2.38. The lowest BCUT2D eigenvalue weighted by Gasteiger charge is -2.09. The maximum atomic E-state index is 12.3. The Morgan fingerprint density at radius 1 is 0.929 bits per heavy atom. The summed E-state index contributed by atoms with van der Waals surface area (Å²) in [5.41, 5.74) is 2.04. The molecule has 28 heavy (non-hydrogen) atoms. The minimum absolute atomic E-state index is 0.0500. The van der Waals surface area contributed by atoms with Crippen molar-refractivity contribution in [1.29, 1.82) is 0 Å². The summed E-state index contributed by atoms with van der Waals surface area (Å²) in [5, 5.41) is 5.83. The fourth-order valence-corrected chi connectivity index (χ4v) is 3.19. The van der Waals surface area contributed by atoms with Crippen molar-refractivity contribution in [2.45, 2.75) is 19.4 Å². The smallest absolute Gasteiger partial charge is 0.224 e. The van der Waals surface area contributed by atoms with Crippen LogP contribution >= 0.6 is 0 Å². The van der Waals surface area contributed by atoms with E-state index in [0.29, 0.717) is 19.5 Å². The molecule has 1 aliphatic rings. The molecule has 2 aromatic rings. The number of ether oxygens (including phenoxy) is 2. The first-order valence-corrected chi connectivity index (χ1v) is 9.42. The van der Waals surface area contributed by atoms with Gasteiger partial charge in [0, 0.05) is 18.7 Å². The molecule has 0 spiro atoms. The van der Waals surface area contributed by atoms with E-state index in [2.05, 4.69) is 10.6 Å². The van der Waals surface area contributed by atoms with Crippen LogP contribution in [0.25, 0.3) is 0 Å². The van der Waals surface area contributed by atoms with E-state index in [4.69, 9.17) is 9.47 Å². The van der Waals surface area contributed by atoms with E-state index in [9.17, 15) is 9.59 Å². The second-order valence-corrected chi connectivity index (χ2v) is 6.87. The van der Waals surface area contributed by atoms with Crippen LogP contribution in [0.4, 0.5) is 0 Å². The lowest BCUT2D eigenvalue weighted by molar-refractivity contribution is -0.127. The molecule has 0 bridgehead atoms. The van der Waals surface area contributed by atoms with Gasteiger partial charge >= 0.3 is 0 Å². The average Bonchev–Trinajstić information content (AvgIpc) is 3.54. The van der Waals surface area contributed by atoms with Crippen molar-refractivity contribution in [3.8, 4) is 11.5 Å². The van der Waals surface area contributed by atoms with Crippen molar-refractivity contribution in [2.24, 2.45) is 11.8 Å². The van der Waals surface area contributed by atoms with Gasteiger partial charge in [-0.05, 0) is 36.6 Å². The van der Waals surface area contributed by atoms with Gasteiger partial charge in [-0.1, -0.05) is 30.3 Å². The SMILES string of the molecule is COc1ccc(CCNC(=O)C2CC2C(=O)NCc2ccccc2OC)cc1. The normalized spacial score (nSPS) is 17.5. The zero-order chi connectivity index (χ0) is 19.9. The van der Waals surface area contributed by atoms with Crippen LogP contribution in [-0.4, -0.2) is 32.6 Å². The van der Waals surface area contributed by atoms with Crippen molar-refractivity contribution < 1.29 is 19.1 Å². The Labute approximate surface area is 165 Å². The Bertz CT molecular complexity index is 820. The molecule has 0 aromatic heterocycles. The van der Waals surface area contributed by atoms with Crippen LogP contribution in [0.15, 0.2) is 48.5 Å². The number of benzene rings is 2. The molecule has 2 amide bonds. The van der Waals surface area contributed by atoms with E-state index < -0.39 is 0 Å². The number of carbonyl (C=O) groups is 2. The summed E-state index contributed by atoms with van der Waals surface area (Å²) in [4.78, 5) is 24.6. The molecule has 2 atom stereocenters. The summed E-state index contributed by atoms with van der Waals surface area (Å²) < 4.78 is 10.4. The van der Waals surface area contributed by atoms with Gasteiger partial charge in [0.05, 0.1) is 26.1 Å². The van der Waals surface area contributed by atoms with E-state index in [1.54, 1.807) is 14.2 Å². The van der Waals surface area contributed by atoms with E-state index in [1.807, 2.05) is 48.5 Å². The number of amides is 2. The fraction of sp³-hybridized carbons (Fsp3) is 0.364. The van der Waals surface area contributed by atoms with Gasteiger partial charge in [-0.25, -0.2) is 0 Å². The number of methoxy groups -OCH3 is 2. The lowest BCUT2D eigenvalue weighted by atomic mass is 10.1. The van der Waals surface area contributed by atoms with Gasteiger partial charge in [-0.3, -0.25) is 9.59 Å². The van der Waals surface area contributed by atoms with E-state index in [-0.39, 0.29) is 23.7 Å². The summed E-state index contributed by atoms with van der Waals surface area (Å²) >= 11 is 0. The quantitative estimate of drug-likeness (QED) is 0.698. The van der Waals surface area contributed by atoms with Crippen LogP contribution in [0.2, 0.25) is 0 Å². The number of nitrogens with one attached hydrogen (secondary N) is 2. The van der Waals surface area contributed by atoms with Crippen molar-refractivity contribution in [2.75, 3.05) is 20.8 Å². The van der Waals surface area contributed by atoms with Crippen LogP contribution in [0.1, 0.15) is 17.5 Å². The van der Waals surface area contributed by atoms with Crippen molar-refractivity contribution >= 4 is 11.8 Å². The van der Waals surface area contributed by atoms with E-state index >= 15 is 0 Å². The van der Waals surface area contributed by atoms with Gasteiger partial charge in [0.25, 0.3) is 0 Å². The molecule has 0 saturated heterocycles. The Kier molecular flexibility index (Phi) is 6.53. The monoisotopic (exact) mass is 382 g/mol. The van der Waals surface area contributed by atoms with Gasteiger partial charge in [0.15, 0.2) is 0 Å². The average molecular weight is 382 g/mol. The van der Waals surface area contributed by atoms with Crippen LogP contribution < -0.4 is 20.1 Å². The molecule has 1 saturated carbocycles. The Morgan fingerprint density at radius 3 is 2.29 bits per heavy atom. The fourth-order valence-electron chi connectivity index (χ4n) is 3.19. The third kappa shape index (κ3) is 5.03. The molecule has 2 aromatic carbocycles. The molecule has 1 fully saturated rings. The van der Waals surface area contributed by atoms with Crippen LogP contribution in [0.5, 0.6) is 11.5 Å². The first-order valence-electron chi connectivity index (χ1n) is 9.42. The molecule has 6 heteroatoms. The summed E-state index contributed by atoms with van der Waals surface area (Å²) in [6, 6.07) is 15.3. The summed E-state index contributed by atoms with van der Waals surface area (Å²) in [6.07, 6.45) is 1.35. The summed E-state index contributed by atoms with van der Waals surface area (Å²) in [6.45, 7) is 0.947. The molecular weight excluding hydrogens is 356 g/mol. The Hall–Kier alpha value is -3.02. The minimum atomic E-state index is -0.240. The standard InChI is InChI=1S/C22H26N2O4/c1-27-17-9-7-15(8-10-17)11-12-23-21(25)18-13-19(18)22(26)24-14-16-5-3-4-6-20(16)28-2/h3-10,18-19H,11-14H2,1-2H3,(H,23,25)(H,24,26). The van der Waals surface area contributed by atoms with Gasteiger partial charge in [-0.15, -0.1) is 0 Å². The highest BCUT2D eigenvalue weighted by Gasteiger charge is 2.47. The van der Waals surface area contributed by atoms with Gasteiger partial charge < -0.3 is 20.1 Å². The Morgan fingerprint density at radius 2 is 1.61 bits per heavy atom. The summed E-state index contributed by atoms with van der Waals surface area (Å²) in [7, 11) is 3.24. The second kappa shape index (κ2) is 9.26. The molecule has 0 aliphatic heterocycles. The molecule has 2 N–H and O–H groups in total. The number of hydrogen-bond donors (Lipinski definition) is 2. The van der Waals surface area contributed by atoms with Gasteiger partial charge in [0.2, 0.25) is 11.8 Å². The van der Waals surface area contributed by atoms with Crippen molar-refractivity contribution in [1.82, 2.24) is 10.6 Å². The zero-order valence-electron chi connectivity index (χ0n) is 16.2. The number of carbonyl (C=O) groups excluding carboxylic acids is 2. The van der Waals surface area contributed by atoms with Crippen LogP contribution in [-0.2, 0) is 22.6 Å². The first kappa shape index (κ1) is 19.7. The van der Waals surface area contributed by atoms with E-state index in [1.165, 1.54) is 0 Å². The topological polar surface area (TPSA) is 76.7 Å². The molecule has 148 valence electrons. The zero-order valence-corrected chi connectivity index (χ0v) is 16.2. The van der Waals surface area contributed by atoms with E-state index in [0.717, 1.165) is 29.0 Å². The lowest BCUT2D eigenvalue weighted by Crippen LogP contribution is -2.31. The number of para-hydroxylation sites is 1. The second-order valence-electron chi connectivity index (χ2n) is 6.87. The van der Waals surface area contributed by atoms with Gasteiger partial charge in [0.1, 0.15) is 11.5 Å². The maximum Gasteiger partial charge on any atom is 0.224 e. The largest absolute Gasteiger partial charge is 0.497 e. The molecule has 0 radical (unpaired) electrons. The van der Waals surface area contributed by atoms with Crippen LogP contribution in [0.3, 0.4) is 0 Å². The predicted octanol–water partition coefficient (Wildman–Crippen LogP) is 2.31. The molecular formula is C22H26N2O4.